The lowest BCUT2D eigenvalue weighted by molar-refractivity contribution is -0.121. The van der Waals surface area contributed by atoms with Gasteiger partial charge >= 0.3 is 0 Å². The Morgan fingerprint density at radius 3 is 2.13 bits per heavy atom. The zero-order valence-electron chi connectivity index (χ0n) is 11.6. The Morgan fingerprint density at radius 1 is 0.913 bits per heavy atom. The van der Waals surface area contributed by atoms with E-state index in [2.05, 4.69) is 0 Å². The second-order valence-electron chi connectivity index (χ2n) is 4.96. The van der Waals surface area contributed by atoms with E-state index in [1.807, 2.05) is 12.1 Å². The number of halogens is 3. The van der Waals surface area contributed by atoms with Crippen molar-refractivity contribution < 1.29 is 9.59 Å². The molecule has 0 unspecified atom stereocenters. The van der Waals surface area contributed by atoms with Crippen LogP contribution in [-0.2, 0) is 9.59 Å². The molecule has 2 aromatic carbocycles. The number of rotatable bonds is 3. The molecule has 0 aromatic heterocycles. The summed E-state index contributed by atoms with van der Waals surface area (Å²) >= 11 is 19.1. The van der Waals surface area contributed by atoms with Crippen LogP contribution < -0.4 is 4.90 Å². The summed E-state index contributed by atoms with van der Waals surface area (Å²) in [4.78, 5) is 26.9. The maximum absolute atomic E-state index is 12.6. The first-order chi connectivity index (χ1) is 10.9. The zero-order chi connectivity index (χ0) is 16.6. The van der Waals surface area contributed by atoms with Crippen molar-refractivity contribution in [1.82, 2.24) is 0 Å². The lowest BCUT2D eigenvalue weighted by Crippen LogP contribution is -2.31. The molecule has 7 heteroatoms. The van der Waals surface area contributed by atoms with Crippen LogP contribution in [0.1, 0.15) is 6.42 Å². The van der Waals surface area contributed by atoms with Crippen molar-refractivity contribution in [2.75, 3.05) is 4.90 Å². The standard InChI is InChI=1S/C16H10Cl3NO2S/c17-9-1-3-13(4-2-9)23-14-8-15(21)20(16(14)22)12-6-10(18)5-11(19)7-12/h1-7,14H,8H2/t14-/m1/s1. The van der Waals surface area contributed by atoms with E-state index >= 15 is 0 Å². The largest absolute Gasteiger partial charge is 0.274 e. The number of carbonyl (C=O) groups is 2. The summed E-state index contributed by atoms with van der Waals surface area (Å²) in [5.74, 6) is -0.534. The molecule has 1 atom stereocenters. The molecule has 118 valence electrons. The van der Waals surface area contributed by atoms with E-state index in [1.54, 1.807) is 30.3 Å². The van der Waals surface area contributed by atoms with Crippen molar-refractivity contribution in [3.8, 4) is 0 Å². The summed E-state index contributed by atoms with van der Waals surface area (Å²) in [6, 6.07) is 11.8. The highest BCUT2D eigenvalue weighted by molar-refractivity contribution is 8.00. The molecule has 1 heterocycles. The first-order valence-electron chi connectivity index (χ1n) is 6.69. The molecule has 1 fully saturated rings. The van der Waals surface area contributed by atoms with Gasteiger partial charge in [-0.3, -0.25) is 9.59 Å². The van der Waals surface area contributed by atoms with E-state index in [0.717, 1.165) is 9.80 Å². The monoisotopic (exact) mass is 385 g/mol. The highest BCUT2D eigenvalue weighted by Gasteiger charge is 2.40. The van der Waals surface area contributed by atoms with Crippen molar-refractivity contribution in [3.63, 3.8) is 0 Å². The lowest BCUT2D eigenvalue weighted by atomic mass is 10.3. The Bertz CT molecular complexity index is 759. The number of nitrogens with zero attached hydrogens (tertiary/aromatic N) is 1. The number of benzene rings is 2. The van der Waals surface area contributed by atoms with Crippen molar-refractivity contribution in [3.05, 3.63) is 57.5 Å². The summed E-state index contributed by atoms with van der Waals surface area (Å²) in [5.41, 5.74) is 0.400. The van der Waals surface area contributed by atoms with Gasteiger partial charge in [-0.1, -0.05) is 34.8 Å². The molecule has 2 aromatic rings. The third kappa shape index (κ3) is 3.66. The summed E-state index contributed by atoms with van der Waals surface area (Å²) < 4.78 is 0. The minimum absolute atomic E-state index is 0.135. The second-order valence-corrected chi connectivity index (χ2v) is 7.55. The van der Waals surface area contributed by atoms with Crippen molar-refractivity contribution >= 4 is 64.1 Å². The first kappa shape index (κ1) is 16.7. The molecule has 0 aliphatic carbocycles. The van der Waals surface area contributed by atoms with Gasteiger partial charge < -0.3 is 0 Å². The molecule has 23 heavy (non-hydrogen) atoms. The first-order valence-corrected chi connectivity index (χ1v) is 8.70. The van der Waals surface area contributed by atoms with Gasteiger partial charge in [-0.25, -0.2) is 4.90 Å². The zero-order valence-corrected chi connectivity index (χ0v) is 14.7. The van der Waals surface area contributed by atoms with Crippen LogP contribution in [0.4, 0.5) is 5.69 Å². The van der Waals surface area contributed by atoms with Crippen LogP contribution in [0.2, 0.25) is 15.1 Å². The molecule has 0 saturated carbocycles. The van der Waals surface area contributed by atoms with E-state index in [9.17, 15) is 9.59 Å². The maximum atomic E-state index is 12.6. The molecule has 0 bridgehead atoms. The Kier molecular flexibility index (Phi) is 4.87. The Hall–Kier alpha value is -1.20. The molecule has 3 rings (SSSR count). The number of thioether (sulfide) groups is 1. The summed E-state index contributed by atoms with van der Waals surface area (Å²) in [7, 11) is 0. The third-order valence-electron chi connectivity index (χ3n) is 3.30. The Morgan fingerprint density at radius 2 is 1.52 bits per heavy atom. The number of amides is 2. The van der Waals surface area contributed by atoms with E-state index in [0.29, 0.717) is 20.8 Å². The van der Waals surface area contributed by atoms with Gasteiger partial charge in [0.1, 0.15) is 0 Å². The lowest BCUT2D eigenvalue weighted by Gasteiger charge is -2.15. The minimum Gasteiger partial charge on any atom is -0.274 e. The minimum atomic E-state index is -0.471. The number of imide groups is 1. The topological polar surface area (TPSA) is 37.4 Å². The van der Waals surface area contributed by atoms with E-state index in [1.165, 1.54) is 11.8 Å². The van der Waals surface area contributed by atoms with Gasteiger partial charge in [0.15, 0.2) is 0 Å². The molecular weight excluding hydrogens is 377 g/mol. The van der Waals surface area contributed by atoms with Crippen LogP contribution in [0.3, 0.4) is 0 Å². The van der Waals surface area contributed by atoms with Gasteiger partial charge in [0.05, 0.1) is 10.9 Å². The summed E-state index contributed by atoms with van der Waals surface area (Å²) in [5, 5.41) is 0.906. The number of anilines is 1. The average Bonchev–Trinajstić information content (AvgIpc) is 2.75. The highest BCUT2D eigenvalue weighted by atomic mass is 35.5. The van der Waals surface area contributed by atoms with Crippen LogP contribution in [0, 0.1) is 0 Å². The average molecular weight is 387 g/mol. The van der Waals surface area contributed by atoms with Crippen LogP contribution in [0.25, 0.3) is 0 Å². The summed E-state index contributed by atoms with van der Waals surface area (Å²) in [6.45, 7) is 0. The van der Waals surface area contributed by atoms with Crippen molar-refractivity contribution in [2.45, 2.75) is 16.6 Å². The predicted octanol–water partition coefficient (Wildman–Crippen LogP) is 5.07. The van der Waals surface area contributed by atoms with Crippen molar-refractivity contribution in [1.29, 1.82) is 0 Å². The van der Waals surface area contributed by atoms with Gasteiger partial charge in [-0.05, 0) is 42.5 Å². The Balaban J connectivity index is 1.83. The molecule has 1 saturated heterocycles. The molecule has 0 spiro atoms. The summed E-state index contributed by atoms with van der Waals surface area (Å²) in [6.07, 6.45) is 0.135. The van der Waals surface area contributed by atoms with Crippen LogP contribution in [0.5, 0.6) is 0 Å². The fourth-order valence-corrected chi connectivity index (χ4v) is 4.01. The SMILES string of the molecule is O=C1C[C@@H](Sc2ccc(Cl)cc2)C(=O)N1c1cc(Cl)cc(Cl)c1. The second kappa shape index (κ2) is 6.73. The number of hydrogen-bond acceptors (Lipinski definition) is 3. The molecule has 2 amide bonds. The van der Waals surface area contributed by atoms with E-state index in [4.69, 9.17) is 34.8 Å². The number of hydrogen-bond donors (Lipinski definition) is 0. The van der Waals surface area contributed by atoms with Crippen LogP contribution >= 0.6 is 46.6 Å². The molecule has 1 aliphatic rings. The van der Waals surface area contributed by atoms with Gasteiger partial charge in [0.25, 0.3) is 0 Å². The Labute approximate surface area is 152 Å². The molecule has 0 N–H and O–H groups in total. The highest BCUT2D eigenvalue weighted by Crippen LogP contribution is 2.36. The van der Waals surface area contributed by atoms with Crippen molar-refractivity contribution in [2.24, 2.45) is 0 Å². The fourth-order valence-electron chi connectivity index (χ4n) is 2.31. The quantitative estimate of drug-likeness (QED) is 0.691. The van der Waals surface area contributed by atoms with Gasteiger partial charge in [0.2, 0.25) is 11.8 Å². The molecular formula is C16H10Cl3NO2S. The molecule has 1 aliphatic heterocycles. The molecule has 3 nitrogen and oxygen atoms in total. The molecule has 0 radical (unpaired) electrons. The van der Waals surface area contributed by atoms with E-state index in [-0.39, 0.29) is 18.2 Å². The normalized spacial score (nSPS) is 17.9. The fraction of sp³-hybridized carbons (Fsp3) is 0.125. The number of carbonyl (C=O) groups excluding carboxylic acids is 2. The van der Waals surface area contributed by atoms with Crippen LogP contribution in [0.15, 0.2) is 47.4 Å². The van der Waals surface area contributed by atoms with E-state index < -0.39 is 5.25 Å². The predicted molar refractivity (Wildman–Crippen MR) is 94.7 cm³/mol. The third-order valence-corrected chi connectivity index (χ3v) is 5.19. The maximum Gasteiger partial charge on any atom is 0.247 e. The van der Waals surface area contributed by atoms with Gasteiger partial charge in [0, 0.05) is 26.4 Å². The van der Waals surface area contributed by atoms with Gasteiger partial charge in [-0.2, -0.15) is 0 Å². The van der Waals surface area contributed by atoms with Gasteiger partial charge in [-0.15, -0.1) is 11.8 Å². The smallest absolute Gasteiger partial charge is 0.247 e. The van der Waals surface area contributed by atoms with Crippen LogP contribution in [-0.4, -0.2) is 17.1 Å².